The second-order valence-electron chi connectivity index (χ2n) is 4.19. The number of aromatic nitrogens is 1. The van der Waals surface area contributed by atoms with Crippen LogP contribution in [0.5, 0.6) is 0 Å². The summed E-state index contributed by atoms with van der Waals surface area (Å²) in [4.78, 5) is 5.25. The molecule has 100 valence electrons. The first-order valence-corrected chi connectivity index (χ1v) is 5.74. The zero-order valence-corrected chi connectivity index (χ0v) is 9.90. The van der Waals surface area contributed by atoms with Crippen LogP contribution in [-0.4, -0.2) is 47.0 Å². The van der Waals surface area contributed by atoms with Crippen molar-refractivity contribution < 1.29 is 19.0 Å². The lowest BCUT2D eigenvalue weighted by molar-refractivity contribution is 0.0572. The van der Waals surface area contributed by atoms with Gasteiger partial charge in [0.15, 0.2) is 23.3 Å². The maximum atomic E-state index is 13.6. The Hall–Kier alpha value is -1.47. The van der Waals surface area contributed by atoms with Crippen molar-refractivity contribution in [2.45, 2.75) is 19.1 Å². The Morgan fingerprint density at radius 3 is 2.50 bits per heavy atom. The summed E-state index contributed by atoms with van der Waals surface area (Å²) in [5.74, 6) is -1.68. The maximum Gasteiger partial charge on any atom is 0.168 e. The second kappa shape index (κ2) is 5.03. The lowest BCUT2D eigenvalue weighted by Gasteiger charge is -2.18. The fraction of sp³-hybridized carbons (Fsp3) is 0.545. The van der Waals surface area contributed by atoms with E-state index in [1.54, 1.807) is 6.92 Å². The molecule has 1 aliphatic heterocycles. The van der Waals surface area contributed by atoms with Crippen molar-refractivity contribution >= 4 is 11.6 Å². The Labute approximate surface area is 103 Å². The minimum Gasteiger partial charge on any atom is -0.389 e. The largest absolute Gasteiger partial charge is 0.389 e. The van der Waals surface area contributed by atoms with E-state index in [4.69, 9.17) is 0 Å². The quantitative estimate of drug-likeness (QED) is 0.730. The summed E-state index contributed by atoms with van der Waals surface area (Å²) in [6.45, 7) is 2.37. The first-order valence-electron chi connectivity index (χ1n) is 5.74. The van der Waals surface area contributed by atoms with Crippen LogP contribution >= 0.6 is 0 Å². The third-order valence-corrected chi connectivity index (χ3v) is 2.81. The van der Waals surface area contributed by atoms with Crippen molar-refractivity contribution in [2.24, 2.45) is 0 Å². The van der Waals surface area contributed by atoms with Gasteiger partial charge < -0.3 is 20.4 Å². The van der Waals surface area contributed by atoms with Gasteiger partial charge in [0.25, 0.3) is 0 Å². The highest BCUT2D eigenvalue weighted by Crippen LogP contribution is 2.25. The molecule has 1 aliphatic rings. The molecule has 1 saturated heterocycles. The highest BCUT2D eigenvalue weighted by molar-refractivity contribution is 5.50. The molecule has 1 aromatic rings. The Morgan fingerprint density at radius 1 is 1.33 bits per heavy atom. The van der Waals surface area contributed by atoms with Crippen LogP contribution in [0.25, 0.3) is 0 Å². The molecule has 18 heavy (non-hydrogen) atoms. The number of hydrogen-bond acceptors (Lipinski definition) is 5. The van der Waals surface area contributed by atoms with E-state index in [9.17, 15) is 19.0 Å². The van der Waals surface area contributed by atoms with Gasteiger partial charge >= 0.3 is 0 Å². The van der Waals surface area contributed by atoms with Gasteiger partial charge in [-0.05, 0) is 6.92 Å². The van der Waals surface area contributed by atoms with E-state index < -0.39 is 23.8 Å². The smallest absolute Gasteiger partial charge is 0.168 e. The molecular formula is C11H15F2N3O2. The van der Waals surface area contributed by atoms with Gasteiger partial charge in [-0.2, -0.15) is 0 Å². The number of halogens is 2. The van der Waals surface area contributed by atoms with Crippen LogP contribution in [-0.2, 0) is 0 Å². The summed E-state index contributed by atoms with van der Waals surface area (Å²) >= 11 is 0. The molecule has 1 fully saturated rings. The van der Waals surface area contributed by atoms with Gasteiger partial charge in [-0.1, -0.05) is 0 Å². The Balaban J connectivity index is 2.30. The van der Waals surface area contributed by atoms with Crippen molar-refractivity contribution in [3.63, 3.8) is 0 Å². The van der Waals surface area contributed by atoms with Gasteiger partial charge in [-0.15, -0.1) is 0 Å². The van der Waals surface area contributed by atoms with Crippen molar-refractivity contribution in [2.75, 3.05) is 29.9 Å². The number of nitrogens with one attached hydrogen (secondary N) is 1. The van der Waals surface area contributed by atoms with Crippen molar-refractivity contribution in [1.29, 1.82) is 0 Å². The predicted octanol–water partition coefficient (Wildman–Crippen LogP) is 0.333. The zero-order chi connectivity index (χ0) is 13.3. The minimum atomic E-state index is -0.946. The number of nitrogens with zero attached hydrogens (tertiary/aromatic N) is 2. The number of pyridine rings is 1. The van der Waals surface area contributed by atoms with E-state index in [2.05, 4.69) is 10.3 Å². The van der Waals surface area contributed by atoms with Gasteiger partial charge in [0.2, 0.25) is 0 Å². The average Bonchev–Trinajstić information content (AvgIpc) is 2.63. The molecule has 0 aliphatic carbocycles. The highest BCUT2D eigenvalue weighted by atomic mass is 19.1. The fourth-order valence-corrected chi connectivity index (χ4v) is 1.91. The molecule has 0 saturated carbocycles. The van der Waals surface area contributed by atoms with E-state index >= 15 is 0 Å². The van der Waals surface area contributed by atoms with Gasteiger partial charge in [0.1, 0.15) is 0 Å². The molecule has 0 spiro atoms. The van der Waals surface area contributed by atoms with E-state index in [0.717, 1.165) is 6.07 Å². The third-order valence-electron chi connectivity index (χ3n) is 2.81. The number of rotatable bonds is 3. The Morgan fingerprint density at radius 2 is 1.94 bits per heavy atom. The normalized spacial score (nSPS) is 23.5. The molecule has 2 atom stereocenters. The van der Waals surface area contributed by atoms with Crippen LogP contribution < -0.4 is 10.2 Å². The lowest BCUT2D eigenvalue weighted by Crippen LogP contribution is -2.24. The van der Waals surface area contributed by atoms with Crippen LogP contribution in [0.4, 0.5) is 20.4 Å². The van der Waals surface area contributed by atoms with Crippen LogP contribution in [0, 0.1) is 11.6 Å². The number of anilines is 2. The fourth-order valence-electron chi connectivity index (χ4n) is 1.91. The first-order chi connectivity index (χ1) is 8.52. The van der Waals surface area contributed by atoms with Gasteiger partial charge in [-0.25, -0.2) is 13.8 Å². The van der Waals surface area contributed by atoms with Crippen LogP contribution in [0.15, 0.2) is 6.07 Å². The molecule has 2 heterocycles. The van der Waals surface area contributed by atoms with E-state index in [1.807, 2.05) is 0 Å². The van der Waals surface area contributed by atoms with Crippen LogP contribution in [0.2, 0.25) is 0 Å². The summed E-state index contributed by atoms with van der Waals surface area (Å²) < 4.78 is 27.0. The van der Waals surface area contributed by atoms with Gasteiger partial charge in [-0.3, -0.25) is 0 Å². The van der Waals surface area contributed by atoms with E-state index in [-0.39, 0.29) is 24.7 Å². The van der Waals surface area contributed by atoms with Gasteiger partial charge in [0, 0.05) is 25.7 Å². The molecule has 3 N–H and O–H groups in total. The summed E-state index contributed by atoms with van der Waals surface area (Å²) in [6.07, 6.45) is -1.89. The van der Waals surface area contributed by atoms with Crippen molar-refractivity contribution in [3.05, 3.63) is 17.7 Å². The number of β-amino-alcohol motifs (C(OH)–C–C–N with tert-alkyl or cyclic N) is 2. The standard InChI is InChI=1S/C11H15F2N3O2/c1-2-14-10-6(12)3-7(13)11(15-10)16-4-8(17)9(18)5-16/h3,8-9,17-18H,2,4-5H2,1H3,(H,14,15). The summed E-state index contributed by atoms with van der Waals surface area (Å²) in [6, 6.07) is 0.747. The van der Waals surface area contributed by atoms with Gasteiger partial charge in [0.05, 0.1) is 12.2 Å². The first kappa shape index (κ1) is 13.0. The number of aliphatic hydroxyl groups excluding tert-OH is 2. The SMILES string of the molecule is CCNc1nc(N2CC(O)C(O)C2)c(F)cc1F. The van der Waals surface area contributed by atoms with E-state index in [1.165, 1.54) is 4.90 Å². The molecule has 5 nitrogen and oxygen atoms in total. The summed E-state index contributed by atoms with van der Waals surface area (Å²) in [5.41, 5.74) is 0. The number of aliphatic hydroxyl groups is 2. The average molecular weight is 259 g/mol. The molecular weight excluding hydrogens is 244 g/mol. The Bertz CT molecular complexity index is 435. The van der Waals surface area contributed by atoms with Crippen molar-refractivity contribution in [3.8, 4) is 0 Å². The predicted molar refractivity (Wildman–Crippen MR) is 62.5 cm³/mol. The van der Waals surface area contributed by atoms with Crippen LogP contribution in [0.1, 0.15) is 6.92 Å². The third kappa shape index (κ3) is 2.37. The monoisotopic (exact) mass is 259 g/mol. The maximum absolute atomic E-state index is 13.6. The molecule has 0 aromatic carbocycles. The molecule has 0 bridgehead atoms. The number of hydrogen-bond donors (Lipinski definition) is 3. The molecule has 2 unspecified atom stereocenters. The molecule has 0 radical (unpaired) electrons. The molecule has 0 amide bonds. The zero-order valence-electron chi connectivity index (χ0n) is 9.90. The molecule has 2 rings (SSSR count). The topological polar surface area (TPSA) is 68.6 Å². The summed E-state index contributed by atoms with van der Waals surface area (Å²) in [5, 5.41) is 21.5. The minimum absolute atomic E-state index is 0.0372. The van der Waals surface area contributed by atoms with Crippen LogP contribution in [0.3, 0.4) is 0 Å². The molecule has 7 heteroatoms. The molecule has 1 aromatic heterocycles. The van der Waals surface area contributed by atoms with E-state index in [0.29, 0.717) is 6.54 Å². The lowest BCUT2D eigenvalue weighted by atomic mass is 10.3. The second-order valence-corrected chi connectivity index (χ2v) is 4.19. The highest BCUT2D eigenvalue weighted by Gasteiger charge is 2.32. The summed E-state index contributed by atoms with van der Waals surface area (Å²) in [7, 11) is 0. The van der Waals surface area contributed by atoms with Crippen molar-refractivity contribution in [1.82, 2.24) is 4.98 Å². The Kier molecular flexibility index (Phi) is 3.63.